The van der Waals surface area contributed by atoms with Crippen LogP contribution in [-0.2, 0) is 14.3 Å². The van der Waals surface area contributed by atoms with Crippen LogP contribution >= 0.6 is 0 Å². The summed E-state index contributed by atoms with van der Waals surface area (Å²) >= 11 is 0. The van der Waals surface area contributed by atoms with Crippen molar-refractivity contribution in [2.75, 3.05) is 7.11 Å². The van der Waals surface area contributed by atoms with Gasteiger partial charge >= 0.3 is 11.9 Å². The lowest BCUT2D eigenvalue weighted by Gasteiger charge is -2.00. The predicted octanol–water partition coefficient (Wildman–Crippen LogP) is 1.55. The number of carbonyl (C=O) groups excluding carboxylic acids is 2. The van der Waals surface area contributed by atoms with Crippen molar-refractivity contribution < 1.29 is 19.1 Å². The van der Waals surface area contributed by atoms with Crippen LogP contribution in [0.2, 0.25) is 0 Å². The highest BCUT2D eigenvalue weighted by Crippen LogP contribution is 2.20. The molecule has 1 aliphatic heterocycles. The third-order valence-corrected chi connectivity index (χ3v) is 2.24. The molecule has 0 atom stereocenters. The summed E-state index contributed by atoms with van der Waals surface area (Å²) in [6.07, 6.45) is 1.67. The molecular formula is C12H10O4. The lowest BCUT2D eigenvalue weighted by atomic mass is 10.1. The summed E-state index contributed by atoms with van der Waals surface area (Å²) < 4.78 is 9.48. The third kappa shape index (κ3) is 2.11. The molecule has 0 aliphatic carbocycles. The number of esters is 2. The molecule has 0 saturated carbocycles. The summed E-state index contributed by atoms with van der Waals surface area (Å²) in [4.78, 5) is 22.1. The number of ether oxygens (including phenoxy) is 2. The van der Waals surface area contributed by atoms with Gasteiger partial charge in [0.15, 0.2) is 0 Å². The topological polar surface area (TPSA) is 52.6 Å². The van der Waals surface area contributed by atoms with Gasteiger partial charge in [-0.15, -0.1) is 0 Å². The van der Waals surface area contributed by atoms with Crippen molar-refractivity contribution in [3.05, 3.63) is 35.4 Å². The molecule has 4 heteroatoms. The zero-order valence-corrected chi connectivity index (χ0v) is 8.73. The van der Waals surface area contributed by atoms with Gasteiger partial charge in [-0.2, -0.15) is 0 Å². The van der Waals surface area contributed by atoms with Crippen molar-refractivity contribution in [2.24, 2.45) is 0 Å². The fraction of sp³-hybridized carbons (Fsp3) is 0.167. The SMILES string of the molecule is COc1cccc(/C=C2\CC(=O)OC2=O)c1. The summed E-state index contributed by atoms with van der Waals surface area (Å²) in [5, 5.41) is 0. The van der Waals surface area contributed by atoms with E-state index in [1.165, 1.54) is 0 Å². The van der Waals surface area contributed by atoms with Gasteiger partial charge in [-0.25, -0.2) is 4.79 Å². The number of hydrogen-bond acceptors (Lipinski definition) is 4. The van der Waals surface area contributed by atoms with Crippen LogP contribution in [-0.4, -0.2) is 19.0 Å². The highest BCUT2D eigenvalue weighted by atomic mass is 16.6. The van der Waals surface area contributed by atoms with Crippen molar-refractivity contribution in [3.63, 3.8) is 0 Å². The normalized spacial score (nSPS) is 17.7. The van der Waals surface area contributed by atoms with Crippen LogP contribution in [0.4, 0.5) is 0 Å². The third-order valence-electron chi connectivity index (χ3n) is 2.24. The molecule has 82 valence electrons. The molecule has 1 heterocycles. The van der Waals surface area contributed by atoms with E-state index < -0.39 is 11.9 Å². The first-order chi connectivity index (χ1) is 7.69. The molecule has 0 N–H and O–H groups in total. The van der Waals surface area contributed by atoms with Crippen LogP contribution < -0.4 is 4.74 Å². The van der Waals surface area contributed by atoms with E-state index in [-0.39, 0.29) is 6.42 Å². The van der Waals surface area contributed by atoms with Crippen molar-refractivity contribution in [3.8, 4) is 5.75 Å². The Morgan fingerprint density at radius 3 is 2.81 bits per heavy atom. The Bertz CT molecular complexity index is 474. The number of benzene rings is 1. The summed E-state index contributed by atoms with van der Waals surface area (Å²) in [6.45, 7) is 0. The molecule has 0 radical (unpaired) electrons. The van der Waals surface area contributed by atoms with Crippen LogP contribution in [0.15, 0.2) is 29.8 Å². The van der Waals surface area contributed by atoms with E-state index in [9.17, 15) is 9.59 Å². The highest BCUT2D eigenvalue weighted by Gasteiger charge is 2.26. The van der Waals surface area contributed by atoms with Crippen LogP contribution in [0.3, 0.4) is 0 Å². The quantitative estimate of drug-likeness (QED) is 0.429. The predicted molar refractivity (Wildman–Crippen MR) is 56.7 cm³/mol. The Kier molecular flexibility index (Phi) is 2.72. The van der Waals surface area contributed by atoms with E-state index in [1.807, 2.05) is 12.1 Å². The molecule has 1 aromatic carbocycles. The van der Waals surface area contributed by atoms with Gasteiger partial charge in [0, 0.05) is 5.57 Å². The molecule has 1 aromatic rings. The minimum atomic E-state index is -0.562. The summed E-state index contributed by atoms with van der Waals surface area (Å²) in [5.41, 5.74) is 1.18. The Hall–Kier alpha value is -2.10. The van der Waals surface area contributed by atoms with Gasteiger partial charge in [0.2, 0.25) is 0 Å². The van der Waals surface area contributed by atoms with Gasteiger partial charge in [-0.1, -0.05) is 12.1 Å². The molecule has 16 heavy (non-hydrogen) atoms. The zero-order valence-electron chi connectivity index (χ0n) is 8.73. The van der Waals surface area contributed by atoms with E-state index in [2.05, 4.69) is 4.74 Å². The van der Waals surface area contributed by atoms with E-state index in [0.29, 0.717) is 11.3 Å². The second-order valence-electron chi connectivity index (χ2n) is 3.38. The minimum Gasteiger partial charge on any atom is -0.497 e. The van der Waals surface area contributed by atoms with Gasteiger partial charge < -0.3 is 9.47 Å². The fourth-order valence-electron chi connectivity index (χ4n) is 1.48. The molecule has 0 unspecified atom stereocenters. The van der Waals surface area contributed by atoms with Crippen LogP contribution in [0, 0.1) is 0 Å². The van der Waals surface area contributed by atoms with Crippen LogP contribution in [0.5, 0.6) is 5.75 Å². The Morgan fingerprint density at radius 1 is 1.38 bits per heavy atom. The molecular weight excluding hydrogens is 208 g/mol. The van der Waals surface area contributed by atoms with Crippen molar-refractivity contribution in [1.82, 2.24) is 0 Å². The monoisotopic (exact) mass is 218 g/mol. The Balaban J connectivity index is 2.28. The summed E-state index contributed by atoms with van der Waals surface area (Å²) in [5.74, 6) is -0.362. The average molecular weight is 218 g/mol. The van der Waals surface area contributed by atoms with Gasteiger partial charge in [-0.3, -0.25) is 4.79 Å². The van der Waals surface area contributed by atoms with Crippen LogP contribution in [0.25, 0.3) is 6.08 Å². The number of rotatable bonds is 2. The molecule has 0 aromatic heterocycles. The van der Waals surface area contributed by atoms with Gasteiger partial charge in [0.1, 0.15) is 5.75 Å². The molecule has 0 spiro atoms. The number of carbonyl (C=O) groups is 2. The second-order valence-corrected chi connectivity index (χ2v) is 3.38. The maximum absolute atomic E-state index is 11.2. The Labute approximate surface area is 92.5 Å². The van der Waals surface area contributed by atoms with Crippen molar-refractivity contribution in [1.29, 1.82) is 0 Å². The maximum atomic E-state index is 11.2. The smallest absolute Gasteiger partial charge is 0.342 e. The first kappa shape index (κ1) is 10.4. The van der Waals surface area contributed by atoms with Crippen LogP contribution in [0.1, 0.15) is 12.0 Å². The molecule has 0 amide bonds. The fourth-order valence-corrected chi connectivity index (χ4v) is 1.48. The lowest BCUT2D eigenvalue weighted by molar-refractivity contribution is -0.151. The number of cyclic esters (lactones) is 2. The van der Waals surface area contributed by atoms with E-state index in [1.54, 1.807) is 25.3 Å². The van der Waals surface area contributed by atoms with Gasteiger partial charge in [0.25, 0.3) is 0 Å². The molecule has 2 rings (SSSR count). The van der Waals surface area contributed by atoms with Gasteiger partial charge in [0.05, 0.1) is 13.5 Å². The summed E-state index contributed by atoms with van der Waals surface area (Å²) in [7, 11) is 1.57. The maximum Gasteiger partial charge on any atom is 0.342 e. The number of methoxy groups -OCH3 is 1. The van der Waals surface area contributed by atoms with Gasteiger partial charge in [-0.05, 0) is 23.8 Å². The van der Waals surface area contributed by atoms with E-state index in [4.69, 9.17) is 4.74 Å². The first-order valence-corrected chi connectivity index (χ1v) is 4.78. The largest absolute Gasteiger partial charge is 0.497 e. The highest BCUT2D eigenvalue weighted by molar-refractivity contribution is 6.08. The average Bonchev–Trinajstić information content (AvgIpc) is 2.58. The molecule has 0 bridgehead atoms. The van der Waals surface area contributed by atoms with Crippen molar-refractivity contribution >= 4 is 18.0 Å². The second kappa shape index (κ2) is 4.18. The zero-order chi connectivity index (χ0) is 11.5. The number of hydrogen-bond donors (Lipinski definition) is 0. The van der Waals surface area contributed by atoms with E-state index >= 15 is 0 Å². The minimum absolute atomic E-state index is 0.0377. The standard InChI is InChI=1S/C12H10O4/c1-15-10-4-2-3-8(6-10)5-9-7-11(13)16-12(9)14/h2-6H,7H2,1H3/b9-5+. The molecule has 1 aliphatic rings. The molecule has 1 fully saturated rings. The molecule has 4 nitrogen and oxygen atoms in total. The lowest BCUT2D eigenvalue weighted by Crippen LogP contribution is -1.96. The van der Waals surface area contributed by atoms with Crippen molar-refractivity contribution in [2.45, 2.75) is 6.42 Å². The summed E-state index contributed by atoms with van der Waals surface area (Å²) in [6, 6.07) is 7.22. The van der Waals surface area contributed by atoms with E-state index in [0.717, 1.165) is 5.56 Å². The molecule has 1 saturated heterocycles. The first-order valence-electron chi connectivity index (χ1n) is 4.78. The Morgan fingerprint density at radius 2 is 2.19 bits per heavy atom.